The fraction of sp³-hybridized carbons (Fsp3) is 0.471. The van der Waals surface area contributed by atoms with Gasteiger partial charge < -0.3 is 10.1 Å². The lowest BCUT2D eigenvalue weighted by Gasteiger charge is -2.16. The molecule has 0 spiro atoms. The van der Waals surface area contributed by atoms with E-state index in [4.69, 9.17) is 4.74 Å². The van der Waals surface area contributed by atoms with Crippen LogP contribution in [0.25, 0.3) is 0 Å². The van der Waals surface area contributed by atoms with Gasteiger partial charge in [-0.05, 0) is 36.3 Å². The highest BCUT2D eigenvalue weighted by molar-refractivity contribution is 6.01. The lowest BCUT2D eigenvalue weighted by molar-refractivity contribution is -0.115. The first kappa shape index (κ1) is 13.2. The summed E-state index contributed by atoms with van der Waals surface area (Å²) in [7, 11) is 1.66. The zero-order chi connectivity index (χ0) is 14.5. The van der Waals surface area contributed by atoms with Gasteiger partial charge in [0.2, 0.25) is 0 Å². The summed E-state index contributed by atoms with van der Waals surface area (Å²) in [6.07, 6.45) is 0.706. The van der Waals surface area contributed by atoms with Gasteiger partial charge in [-0.2, -0.15) is 0 Å². The molecule has 20 heavy (non-hydrogen) atoms. The van der Waals surface area contributed by atoms with Crippen molar-refractivity contribution in [3.63, 3.8) is 0 Å². The molecular weight excluding hydrogens is 250 g/mol. The Balaban J connectivity index is 1.91. The summed E-state index contributed by atoms with van der Waals surface area (Å²) >= 11 is 0. The number of anilines is 1. The number of allylic oxidation sites excluding steroid dienone is 2. The largest absolute Gasteiger partial charge is 0.495 e. The molecule has 0 heterocycles. The third-order valence-electron chi connectivity index (χ3n) is 4.90. The zero-order valence-corrected chi connectivity index (χ0v) is 12.5. The van der Waals surface area contributed by atoms with Crippen LogP contribution >= 0.6 is 0 Å². The number of hydrogen-bond donors (Lipinski definition) is 1. The Morgan fingerprint density at radius 1 is 1.35 bits per heavy atom. The summed E-state index contributed by atoms with van der Waals surface area (Å²) in [6.45, 7) is 6.51. The van der Waals surface area contributed by atoms with Crippen LogP contribution in [0.5, 0.6) is 5.75 Å². The van der Waals surface area contributed by atoms with Crippen LogP contribution in [0.1, 0.15) is 27.2 Å². The van der Waals surface area contributed by atoms with Crippen LogP contribution < -0.4 is 10.1 Å². The molecule has 3 rings (SSSR count). The van der Waals surface area contributed by atoms with E-state index in [1.165, 1.54) is 0 Å². The van der Waals surface area contributed by atoms with Gasteiger partial charge in [-0.15, -0.1) is 0 Å². The minimum atomic E-state index is 0.285. The minimum absolute atomic E-state index is 0.285. The Hall–Kier alpha value is -1.77. The smallest absolute Gasteiger partial charge is 0.161 e. The number of Topliss-reactive ketones (excluding diaryl/α,β-unsaturated/α-hetero) is 1. The van der Waals surface area contributed by atoms with Crippen LogP contribution in [0.3, 0.4) is 0 Å². The first-order chi connectivity index (χ1) is 9.46. The van der Waals surface area contributed by atoms with Gasteiger partial charge in [-0.1, -0.05) is 26.0 Å². The van der Waals surface area contributed by atoms with Gasteiger partial charge in [-0.25, -0.2) is 0 Å². The van der Waals surface area contributed by atoms with Crippen LogP contribution in [0.2, 0.25) is 0 Å². The van der Waals surface area contributed by atoms with Gasteiger partial charge >= 0.3 is 0 Å². The number of fused-ring (bicyclic) bond motifs is 1. The SMILES string of the molecule is COc1ccccc1N/C(C)=C1/C(=O)C[C@@H]2[C@H]1C2(C)C. The number of rotatable bonds is 3. The highest BCUT2D eigenvalue weighted by Crippen LogP contribution is 2.68. The molecule has 0 aromatic heterocycles. The van der Waals surface area contributed by atoms with Crippen molar-refractivity contribution < 1.29 is 9.53 Å². The molecule has 3 heteroatoms. The molecule has 106 valence electrons. The molecule has 2 saturated carbocycles. The maximum absolute atomic E-state index is 12.2. The van der Waals surface area contributed by atoms with E-state index in [1.54, 1.807) is 7.11 Å². The van der Waals surface area contributed by atoms with Crippen molar-refractivity contribution in [1.29, 1.82) is 0 Å². The van der Waals surface area contributed by atoms with Crippen molar-refractivity contribution >= 4 is 11.5 Å². The monoisotopic (exact) mass is 271 g/mol. The number of nitrogens with one attached hydrogen (secondary N) is 1. The van der Waals surface area contributed by atoms with Crippen molar-refractivity contribution in [2.45, 2.75) is 27.2 Å². The molecular formula is C17H21NO2. The van der Waals surface area contributed by atoms with Crippen LogP contribution in [0.4, 0.5) is 5.69 Å². The maximum Gasteiger partial charge on any atom is 0.161 e. The Morgan fingerprint density at radius 3 is 2.70 bits per heavy atom. The number of ether oxygens (including phenoxy) is 1. The van der Waals surface area contributed by atoms with Gasteiger partial charge in [-0.3, -0.25) is 4.79 Å². The molecule has 0 radical (unpaired) electrons. The Kier molecular flexibility index (Phi) is 2.89. The number of para-hydroxylation sites is 2. The normalized spacial score (nSPS) is 28.9. The Labute approximate surface area is 120 Å². The van der Waals surface area contributed by atoms with E-state index >= 15 is 0 Å². The fourth-order valence-corrected chi connectivity index (χ4v) is 3.64. The quantitative estimate of drug-likeness (QED) is 0.853. The van der Waals surface area contributed by atoms with E-state index in [0.717, 1.165) is 22.7 Å². The van der Waals surface area contributed by atoms with E-state index in [0.29, 0.717) is 24.0 Å². The van der Waals surface area contributed by atoms with Crippen LogP contribution in [-0.4, -0.2) is 12.9 Å². The van der Waals surface area contributed by atoms with Gasteiger partial charge in [0.25, 0.3) is 0 Å². The van der Waals surface area contributed by atoms with Crippen molar-refractivity contribution in [1.82, 2.24) is 0 Å². The van der Waals surface area contributed by atoms with Crippen molar-refractivity contribution in [3.8, 4) is 5.75 Å². The molecule has 0 saturated heterocycles. The highest BCUT2D eigenvalue weighted by atomic mass is 16.5. The van der Waals surface area contributed by atoms with Gasteiger partial charge in [0.1, 0.15) is 5.75 Å². The number of ketones is 1. The third kappa shape index (κ3) is 1.84. The first-order valence-electron chi connectivity index (χ1n) is 7.11. The van der Waals surface area contributed by atoms with E-state index in [1.807, 2.05) is 31.2 Å². The first-order valence-corrected chi connectivity index (χ1v) is 7.11. The molecule has 3 nitrogen and oxygen atoms in total. The third-order valence-corrected chi connectivity index (χ3v) is 4.90. The molecule has 2 aliphatic carbocycles. The summed E-state index contributed by atoms with van der Waals surface area (Å²) in [5.74, 6) is 2.07. The lowest BCUT2D eigenvalue weighted by Crippen LogP contribution is -2.12. The number of carbonyl (C=O) groups excluding carboxylic acids is 1. The average molecular weight is 271 g/mol. The summed E-state index contributed by atoms with van der Waals surface area (Å²) in [6, 6.07) is 7.79. The molecule has 0 bridgehead atoms. The lowest BCUT2D eigenvalue weighted by atomic mass is 9.95. The van der Waals surface area contributed by atoms with Gasteiger partial charge in [0.05, 0.1) is 12.8 Å². The second-order valence-electron chi connectivity index (χ2n) is 6.40. The second kappa shape index (κ2) is 4.37. The number of hydrogen-bond acceptors (Lipinski definition) is 3. The van der Waals surface area contributed by atoms with Crippen molar-refractivity contribution in [2.75, 3.05) is 12.4 Å². The van der Waals surface area contributed by atoms with E-state index in [-0.39, 0.29) is 5.41 Å². The number of methoxy groups -OCH3 is 1. The molecule has 2 aliphatic rings. The summed E-state index contributed by atoms with van der Waals surface area (Å²) < 4.78 is 5.34. The molecule has 2 atom stereocenters. The molecule has 0 aliphatic heterocycles. The van der Waals surface area contributed by atoms with Crippen molar-refractivity contribution in [2.24, 2.45) is 17.3 Å². The summed E-state index contributed by atoms with van der Waals surface area (Å²) in [5.41, 5.74) is 3.16. The van der Waals surface area contributed by atoms with Crippen LogP contribution in [-0.2, 0) is 4.79 Å². The molecule has 2 fully saturated rings. The zero-order valence-electron chi connectivity index (χ0n) is 12.5. The molecule has 1 aromatic carbocycles. The van der Waals surface area contributed by atoms with Crippen LogP contribution in [0, 0.1) is 17.3 Å². The van der Waals surface area contributed by atoms with Crippen molar-refractivity contribution in [3.05, 3.63) is 35.5 Å². The predicted molar refractivity (Wildman–Crippen MR) is 79.7 cm³/mol. The standard InChI is InChI=1S/C17H21NO2/c1-10(18-12-7-5-6-8-14(12)20-4)15-13(19)9-11-16(15)17(11,2)3/h5-8,11,16,18H,9H2,1-4H3/b15-10-/t11-,16-/m1/s1. The van der Waals surface area contributed by atoms with E-state index in [2.05, 4.69) is 19.2 Å². The molecule has 0 unspecified atom stereocenters. The molecule has 0 amide bonds. The molecule has 1 N–H and O–H groups in total. The minimum Gasteiger partial charge on any atom is -0.495 e. The maximum atomic E-state index is 12.2. The highest BCUT2D eigenvalue weighted by Gasteiger charge is 2.65. The van der Waals surface area contributed by atoms with Gasteiger partial charge in [0, 0.05) is 17.7 Å². The summed E-state index contributed by atoms with van der Waals surface area (Å²) in [5, 5.41) is 3.36. The average Bonchev–Trinajstić information content (AvgIpc) is 2.78. The topological polar surface area (TPSA) is 38.3 Å². The second-order valence-corrected chi connectivity index (χ2v) is 6.40. The summed E-state index contributed by atoms with van der Waals surface area (Å²) in [4.78, 5) is 12.2. The van der Waals surface area contributed by atoms with Gasteiger partial charge in [0.15, 0.2) is 5.78 Å². The molecule has 1 aromatic rings. The number of benzene rings is 1. The number of carbonyl (C=O) groups is 1. The fourth-order valence-electron chi connectivity index (χ4n) is 3.64. The van der Waals surface area contributed by atoms with E-state index in [9.17, 15) is 4.79 Å². The van der Waals surface area contributed by atoms with Crippen LogP contribution in [0.15, 0.2) is 35.5 Å². The Bertz CT molecular complexity index is 601. The predicted octanol–water partition coefficient (Wildman–Crippen LogP) is 3.63. The Morgan fingerprint density at radius 2 is 2.05 bits per heavy atom. The van der Waals surface area contributed by atoms with E-state index < -0.39 is 0 Å².